The number of hydrogen-bond acceptors (Lipinski definition) is 7. The average Bonchev–Trinajstić information content (AvgIpc) is 3.22. The van der Waals surface area contributed by atoms with Crippen molar-refractivity contribution >= 4 is 12.0 Å². The van der Waals surface area contributed by atoms with E-state index in [4.69, 9.17) is 13.9 Å². The molecule has 2 aromatic carbocycles. The summed E-state index contributed by atoms with van der Waals surface area (Å²) in [5.74, 6) is 0.0885. The minimum Gasteiger partial charge on any atom is -0.493 e. The molecule has 3 rings (SSSR count). The van der Waals surface area contributed by atoms with Crippen LogP contribution < -0.4 is 14.2 Å². The van der Waals surface area contributed by atoms with Crippen molar-refractivity contribution in [2.45, 2.75) is 6.61 Å². The van der Waals surface area contributed by atoms with Crippen molar-refractivity contribution in [1.29, 1.82) is 0 Å². The van der Waals surface area contributed by atoms with Gasteiger partial charge in [-0.25, -0.2) is 4.79 Å². The molecule has 0 atom stereocenters. The van der Waals surface area contributed by atoms with Crippen LogP contribution in [0.3, 0.4) is 0 Å². The first-order chi connectivity index (χ1) is 13.5. The summed E-state index contributed by atoms with van der Waals surface area (Å²) in [6.07, 6.45) is 3.88. The Morgan fingerprint density at radius 3 is 2.57 bits per heavy atom. The van der Waals surface area contributed by atoms with E-state index >= 15 is 0 Å². The van der Waals surface area contributed by atoms with Crippen molar-refractivity contribution in [2.75, 3.05) is 7.11 Å². The van der Waals surface area contributed by atoms with Gasteiger partial charge in [-0.3, -0.25) is 0 Å². The number of halogens is 2. The highest BCUT2D eigenvalue weighted by Crippen LogP contribution is 2.30. The van der Waals surface area contributed by atoms with Crippen LogP contribution in [0, 0.1) is 0 Å². The van der Waals surface area contributed by atoms with Crippen molar-refractivity contribution in [2.24, 2.45) is 0 Å². The number of alkyl halides is 2. The van der Waals surface area contributed by atoms with E-state index in [0.717, 1.165) is 0 Å². The van der Waals surface area contributed by atoms with Gasteiger partial charge in [-0.1, -0.05) is 6.07 Å². The maximum atomic E-state index is 12.3. The van der Waals surface area contributed by atoms with E-state index in [-0.39, 0.29) is 11.5 Å². The molecule has 9 heteroatoms. The number of carbonyl (C=O) groups is 1. The molecule has 0 N–H and O–H groups in total. The molecule has 1 aromatic heterocycles. The highest BCUT2D eigenvalue weighted by Gasteiger charge is 2.10. The van der Waals surface area contributed by atoms with Crippen LogP contribution in [-0.4, -0.2) is 29.9 Å². The van der Waals surface area contributed by atoms with Gasteiger partial charge in [-0.15, -0.1) is 10.2 Å². The lowest BCUT2D eigenvalue weighted by Crippen LogP contribution is -2.04. The van der Waals surface area contributed by atoms with Gasteiger partial charge in [-0.05, 0) is 48.0 Å². The number of nitrogens with zero attached hydrogens (tertiary/aromatic N) is 2. The third kappa shape index (κ3) is 4.91. The Labute approximate surface area is 158 Å². The average molecular weight is 388 g/mol. The quantitative estimate of drug-likeness (QED) is 0.344. The van der Waals surface area contributed by atoms with E-state index in [0.29, 0.717) is 22.8 Å². The Morgan fingerprint density at radius 2 is 1.93 bits per heavy atom. The number of benzene rings is 2. The second-order valence-electron chi connectivity index (χ2n) is 5.31. The van der Waals surface area contributed by atoms with Crippen LogP contribution in [0.4, 0.5) is 8.78 Å². The molecule has 3 aromatic rings. The van der Waals surface area contributed by atoms with Crippen LogP contribution in [0.5, 0.6) is 17.2 Å². The van der Waals surface area contributed by atoms with Gasteiger partial charge in [0.15, 0.2) is 11.5 Å². The van der Waals surface area contributed by atoms with Crippen LogP contribution >= 0.6 is 0 Å². The van der Waals surface area contributed by atoms with E-state index in [9.17, 15) is 13.6 Å². The van der Waals surface area contributed by atoms with Crippen LogP contribution in [0.25, 0.3) is 17.5 Å². The fourth-order valence-corrected chi connectivity index (χ4v) is 2.26. The summed E-state index contributed by atoms with van der Waals surface area (Å²) in [6.45, 7) is -2.96. The van der Waals surface area contributed by atoms with E-state index in [2.05, 4.69) is 14.9 Å². The summed E-state index contributed by atoms with van der Waals surface area (Å²) in [5.41, 5.74) is 1.23. The summed E-state index contributed by atoms with van der Waals surface area (Å²) in [7, 11) is 1.33. The number of ether oxygens (including phenoxy) is 3. The first-order valence-electron chi connectivity index (χ1n) is 7.94. The molecule has 0 saturated heterocycles. The zero-order valence-electron chi connectivity index (χ0n) is 14.5. The van der Waals surface area contributed by atoms with Gasteiger partial charge in [0.1, 0.15) is 5.75 Å². The number of rotatable bonds is 7. The second kappa shape index (κ2) is 8.76. The molecular weight excluding hydrogens is 374 g/mol. The van der Waals surface area contributed by atoms with Gasteiger partial charge in [0, 0.05) is 11.6 Å². The molecule has 0 amide bonds. The normalized spacial score (nSPS) is 11.0. The van der Waals surface area contributed by atoms with E-state index in [1.807, 2.05) is 0 Å². The first kappa shape index (κ1) is 19.0. The van der Waals surface area contributed by atoms with E-state index in [1.54, 1.807) is 24.3 Å². The minimum absolute atomic E-state index is 0.0986. The fraction of sp³-hybridized carbons (Fsp3) is 0.105. The molecule has 0 spiro atoms. The summed E-state index contributed by atoms with van der Waals surface area (Å²) in [4.78, 5) is 12.0. The standard InChI is InChI=1S/C19H14F2N2O5/c1-25-16-10-12(2-8-15(16)28-19(20)21)3-9-17(24)27-14-6-4-13(5-7-14)18-23-22-11-26-18/h2-11,19H,1H3. The summed E-state index contributed by atoms with van der Waals surface area (Å²) < 4.78 is 44.3. The first-order valence-corrected chi connectivity index (χ1v) is 7.94. The maximum Gasteiger partial charge on any atom is 0.387 e. The van der Waals surface area contributed by atoms with E-state index in [1.165, 1.54) is 43.9 Å². The predicted molar refractivity (Wildman–Crippen MR) is 94.0 cm³/mol. The molecule has 0 aliphatic heterocycles. The lowest BCUT2D eigenvalue weighted by molar-refractivity contribution is -0.128. The topological polar surface area (TPSA) is 83.7 Å². The summed E-state index contributed by atoms with van der Waals surface area (Å²) in [5, 5.41) is 7.37. The Kier molecular flexibility index (Phi) is 5.95. The highest BCUT2D eigenvalue weighted by atomic mass is 19.3. The second-order valence-corrected chi connectivity index (χ2v) is 5.31. The lowest BCUT2D eigenvalue weighted by atomic mass is 10.2. The summed E-state index contributed by atoms with van der Waals surface area (Å²) >= 11 is 0. The van der Waals surface area contributed by atoms with Gasteiger partial charge in [-0.2, -0.15) is 8.78 Å². The number of esters is 1. The number of aromatic nitrogens is 2. The molecule has 0 saturated carbocycles. The Hall–Kier alpha value is -3.75. The smallest absolute Gasteiger partial charge is 0.387 e. The molecule has 0 unspecified atom stereocenters. The van der Waals surface area contributed by atoms with Gasteiger partial charge in [0.2, 0.25) is 12.3 Å². The fourth-order valence-electron chi connectivity index (χ4n) is 2.26. The zero-order chi connectivity index (χ0) is 19.9. The van der Waals surface area contributed by atoms with Crippen molar-refractivity contribution in [1.82, 2.24) is 10.2 Å². The van der Waals surface area contributed by atoms with Crippen LogP contribution in [-0.2, 0) is 4.79 Å². The summed E-state index contributed by atoms with van der Waals surface area (Å²) in [6, 6.07) is 10.8. The van der Waals surface area contributed by atoms with Crippen LogP contribution in [0.1, 0.15) is 5.56 Å². The molecule has 0 aliphatic rings. The molecular formula is C19H14F2N2O5. The van der Waals surface area contributed by atoms with Gasteiger partial charge in [0.05, 0.1) is 7.11 Å². The molecule has 0 fully saturated rings. The van der Waals surface area contributed by atoms with Gasteiger partial charge in [0.25, 0.3) is 0 Å². The molecule has 0 bridgehead atoms. The van der Waals surface area contributed by atoms with Crippen molar-refractivity contribution in [3.05, 3.63) is 60.5 Å². The predicted octanol–water partition coefficient (Wildman–Crippen LogP) is 3.97. The third-order valence-corrected chi connectivity index (χ3v) is 3.50. The molecule has 7 nitrogen and oxygen atoms in total. The third-order valence-electron chi connectivity index (χ3n) is 3.50. The van der Waals surface area contributed by atoms with Crippen molar-refractivity contribution in [3.63, 3.8) is 0 Å². The number of methoxy groups -OCH3 is 1. The highest BCUT2D eigenvalue weighted by molar-refractivity contribution is 5.88. The largest absolute Gasteiger partial charge is 0.493 e. The number of hydrogen-bond donors (Lipinski definition) is 0. The molecule has 0 aliphatic carbocycles. The lowest BCUT2D eigenvalue weighted by Gasteiger charge is -2.10. The maximum absolute atomic E-state index is 12.3. The zero-order valence-corrected chi connectivity index (χ0v) is 14.5. The van der Waals surface area contributed by atoms with Gasteiger partial charge >= 0.3 is 12.6 Å². The Morgan fingerprint density at radius 1 is 1.14 bits per heavy atom. The van der Waals surface area contributed by atoms with Crippen molar-refractivity contribution < 1.29 is 32.2 Å². The monoisotopic (exact) mass is 388 g/mol. The molecule has 0 radical (unpaired) electrons. The minimum atomic E-state index is -2.96. The van der Waals surface area contributed by atoms with E-state index < -0.39 is 12.6 Å². The molecule has 28 heavy (non-hydrogen) atoms. The van der Waals surface area contributed by atoms with Crippen LogP contribution in [0.15, 0.2) is 59.4 Å². The Bertz CT molecular complexity index is 957. The van der Waals surface area contributed by atoms with Gasteiger partial charge < -0.3 is 18.6 Å². The Balaban J connectivity index is 1.63. The molecule has 144 valence electrons. The molecule has 1 heterocycles. The number of carbonyl (C=O) groups excluding carboxylic acids is 1. The SMILES string of the molecule is COc1cc(C=CC(=O)Oc2ccc(-c3nnco3)cc2)ccc1OC(F)F. The van der Waals surface area contributed by atoms with Crippen LogP contribution in [0.2, 0.25) is 0 Å². The van der Waals surface area contributed by atoms with Crippen molar-refractivity contribution in [3.8, 4) is 28.7 Å².